The van der Waals surface area contributed by atoms with E-state index in [1.54, 1.807) is 0 Å². The van der Waals surface area contributed by atoms with Crippen LogP contribution in [0.5, 0.6) is 11.5 Å². The fourth-order valence-electron chi connectivity index (χ4n) is 3.57. The van der Waals surface area contributed by atoms with Crippen molar-refractivity contribution in [2.75, 3.05) is 19.7 Å². The molecule has 2 aromatic rings. The summed E-state index contributed by atoms with van der Waals surface area (Å²) in [6, 6.07) is 4.17. The second-order valence-electron chi connectivity index (χ2n) is 7.31. The molecule has 8 heteroatoms. The predicted molar refractivity (Wildman–Crippen MR) is 129 cm³/mol. The van der Waals surface area contributed by atoms with Crippen molar-refractivity contribution in [3.05, 3.63) is 40.3 Å². The van der Waals surface area contributed by atoms with E-state index in [9.17, 15) is 0 Å². The molecule has 1 aromatic carbocycles. The monoisotopic (exact) mass is 528 g/mol. The Kier molecular flexibility index (Phi) is 9.26. The van der Waals surface area contributed by atoms with Crippen LogP contribution in [0.3, 0.4) is 0 Å². The van der Waals surface area contributed by atoms with Crippen molar-refractivity contribution < 1.29 is 14.0 Å². The van der Waals surface area contributed by atoms with E-state index in [0.29, 0.717) is 13.2 Å². The maximum Gasteiger partial charge on any atom is 0.191 e. The summed E-state index contributed by atoms with van der Waals surface area (Å²) in [6.07, 6.45) is 1.96. The normalized spacial score (nSPS) is 15.2. The summed E-state index contributed by atoms with van der Waals surface area (Å²) >= 11 is 0. The van der Waals surface area contributed by atoms with Crippen molar-refractivity contribution in [3.63, 3.8) is 0 Å². The quantitative estimate of drug-likeness (QED) is 0.307. The standard InChI is InChI=1S/C22H32N4O3.HI/c1-6-23-22(24-9-8-19-15(4)26-29-16(19)5)25-13-18-12-21-17(10-14(3)28-21)11-20(18)27-7-2;/h11-12,14H,6-10,13H2,1-5H3,(H2,23,24,25);1H. The first kappa shape index (κ1) is 24.3. The molecular weight excluding hydrogens is 495 g/mol. The van der Waals surface area contributed by atoms with Crippen LogP contribution in [0.1, 0.15) is 48.9 Å². The largest absolute Gasteiger partial charge is 0.494 e. The Hall–Kier alpha value is -1.97. The van der Waals surface area contributed by atoms with Crippen LogP contribution in [0.2, 0.25) is 0 Å². The molecule has 1 atom stereocenters. The van der Waals surface area contributed by atoms with Crippen LogP contribution < -0.4 is 20.1 Å². The highest BCUT2D eigenvalue weighted by Gasteiger charge is 2.21. The molecule has 0 saturated heterocycles. The third-order valence-electron chi connectivity index (χ3n) is 4.98. The zero-order chi connectivity index (χ0) is 20.8. The minimum Gasteiger partial charge on any atom is -0.494 e. The molecule has 1 aliphatic heterocycles. The van der Waals surface area contributed by atoms with Crippen molar-refractivity contribution in [1.82, 2.24) is 15.8 Å². The van der Waals surface area contributed by atoms with Gasteiger partial charge in [0.1, 0.15) is 23.4 Å². The summed E-state index contributed by atoms with van der Waals surface area (Å²) in [7, 11) is 0. The van der Waals surface area contributed by atoms with Crippen molar-refractivity contribution in [2.24, 2.45) is 4.99 Å². The zero-order valence-electron chi connectivity index (χ0n) is 18.5. The van der Waals surface area contributed by atoms with Gasteiger partial charge < -0.3 is 24.6 Å². The molecule has 2 heterocycles. The summed E-state index contributed by atoms with van der Waals surface area (Å²) in [5.74, 6) is 3.48. The van der Waals surface area contributed by atoms with Gasteiger partial charge in [-0.25, -0.2) is 4.99 Å². The Morgan fingerprint density at radius 1 is 1.27 bits per heavy atom. The molecule has 1 aromatic heterocycles. The fourth-order valence-corrected chi connectivity index (χ4v) is 3.57. The third kappa shape index (κ3) is 6.02. The molecule has 3 rings (SSSR count). The molecule has 0 radical (unpaired) electrons. The van der Waals surface area contributed by atoms with Crippen molar-refractivity contribution in [1.29, 1.82) is 0 Å². The van der Waals surface area contributed by atoms with Crippen LogP contribution in [0.25, 0.3) is 0 Å². The van der Waals surface area contributed by atoms with E-state index in [2.05, 4.69) is 41.8 Å². The second kappa shape index (κ2) is 11.4. The van der Waals surface area contributed by atoms with Gasteiger partial charge in [0.25, 0.3) is 0 Å². The zero-order valence-corrected chi connectivity index (χ0v) is 20.8. The topological polar surface area (TPSA) is 80.9 Å². The van der Waals surface area contributed by atoms with Gasteiger partial charge >= 0.3 is 0 Å². The predicted octanol–water partition coefficient (Wildman–Crippen LogP) is 3.93. The SMILES string of the molecule is CCNC(=NCc1cc2c(cc1OCC)CC(C)O2)NCCc1c(C)noc1C.I. The number of hydrogen-bond donors (Lipinski definition) is 2. The van der Waals surface area contributed by atoms with Crippen molar-refractivity contribution >= 4 is 29.9 Å². The Morgan fingerprint density at radius 2 is 2.07 bits per heavy atom. The molecule has 0 saturated carbocycles. The summed E-state index contributed by atoms with van der Waals surface area (Å²) in [4.78, 5) is 4.75. The number of aliphatic imine (C=N–C) groups is 1. The first-order valence-corrected chi connectivity index (χ1v) is 10.4. The molecule has 0 aliphatic carbocycles. The minimum absolute atomic E-state index is 0. The van der Waals surface area contributed by atoms with E-state index in [4.69, 9.17) is 19.0 Å². The van der Waals surface area contributed by atoms with Gasteiger partial charge in [0.15, 0.2) is 5.96 Å². The van der Waals surface area contributed by atoms with Crippen LogP contribution in [0, 0.1) is 13.8 Å². The molecule has 2 N–H and O–H groups in total. The van der Waals surface area contributed by atoms with Gasteiger partial charge in [-0.2, -0.15) is 0 Å². The van der Waals surface area contributed by atoms with Crippen LogP contribution in [0.15, 0.2) is 21.6 Å². The van der Waals surface area contributed by atoms with E-state index < -0.39 is 0 Å². The average Bonchev–Trinajstić information content (AvgIpc) is 3.21. The second-order valence-corrected chi connectivity index (χ2v) is 7.31. The van der Waals surface area contributed by atoms with E-state index in [1.165, 1.54) is 5.56 Å². The van der Waals surface area contributed by atoms with E-state index in [1.807, 2.05) is 20.8 Å². The molecule has 0 bridgehead atoms. The molecule has 1 unspecified atom stereocenters. The molecule has 0 spiro atoms. The number of hydrogen-bond acceptors (Lipinski definition) is 5. The summed E-state index contributed by atoms with van der Waals surface area (Å²) in [5, 5.41) is 10.7. The van der Waals surface area contributed by atoms with Gasteiger partial charge in [0.2, 0.25) is 0 Å². The highest BCUT2D eigenvalue weighted by molar-refractivity contribution is 14.0. The number of rotatable bonds is 8. The molecule has 1 aliphatic rings. The number of benzene rings is 1. The molecule has 0 fully saturated rings. The third-order valence-corrected chi connectivity index (χ3v) is 4.98. The lowest BCUT2D eigenvalue weighted by Gasteiger charge is -2.14. The molecule has 30 heavy (non-hydrogen) atoms. The van der Waals surface area contributed by atoms with Gasteiger partial charge in [-0.15, -0.1) is 24.0 Å². The summed E-state index contributed by atoms with van der Waals surface area (Å²) in [5.41, 5.74) is 4.33. The lowest BCUT2D eigenvalue weighted by atomic mass is 10.1. The van der Waals surface area contributed by atoms with Gasteiger partial charge in [0, 0.05) is 36.2 Å². The van der Waals surface area contributed by atoms with Crippen LogP contribution >= 0.6 is 24.0 Å². The van der Waals surface area contributed by atoms with Gasteiger partial charge in [0.05, 0.1) is 18.8 Å². The molecule has 7 nitrogen and oxygen atoms in total. The molecular formula is C22H33IN4O3. The van der Waals surface area contributed by atoms with E-state index >= 15 is 0 Å². The molecule has 0 amide bonds. The number of nitrogens with zero attached hydrogens (tertiary/aromatic N) is 2. The Bertz CT molecular complexity index is 847. The highest BCUT2D eigenvalue weighted by atomic mass is 127. The number of ether oxygens (including phenoxy) is 2. The van der Waals surface area contributed by atoms with Crippen molar-refractivity contribution in [3.8, 4) is 11.5 Å². The number of fused-ring (bicyclic) bond motifs is 1. The van der Waals surface area contributed by atoms with Gasteiger partial charge in [-0.1, -0.05) is 5.16 Å². The van der Waals surface area contributed by atoms with Crippen LogP contribution in [-0.2, 0) is 19.4 Å². The highest BCUT2D eigenvalue weighted by Crippen LogP contribution is 2.35. The minimum atomic E-state index is 0. The number of guanidine groups is 1. The lowest BCUT2D eigenvalue weighted by molar-refractivity contribution is 0.254. The molecule has 166 valence electrons. The maximum atomic E-state index is 5.91. The summed E-state index contributed by atoms with van der Waals surface area (Å²) < 4.78 is 17.0. The Balaban J connectivity index is 0.00000320. The lowest BCUT2D eigenvalue weighted by Crippen LogP contribution is -2.38. The fraction of sp³-hybridized carbons (Fsp3) is 0.545. The number of aromatic nitrogens is 1. The van der Waals surface area contributed by atoms with Gasteiger partial charge in [-0.3, -0.25) is 0 Å². The number of halogens is 1. The maximum absolute atomic E-state index is 5.91. The first-order valence-electron chi connectivity index (χ1n) is 10.4. The smallest absolute Gasteiger partial charge is 0.191 e. The Morgan fingerprint density at radius 3 is 2.73 bits per heavy atom. The van der Waals surface area contributed by atoms with Crippen molar-refractivity contribution in [2.45, 2.75) is 60.1 Å². The number of aryl methyl sites for hydroxylation is 2. The first-order chi connectivity index (χ1) is 14.0. The average molecular weight is 528 g/mol. The number of nitrogens with one attached hydrogen (secondary N) is 2. The van der Waals surface area contributed by atoms with Crippen LogP contribution in [0.4, 0.5) is 0 Å². The van der Waals surface area contributed by atoms with Crippen LogP contribution in [-0.4, -0.2) is 36.9 Å². The van der Waals surface area contributed by atoms with Gasteiger partial charge in [-0.05, 0) is 53.2 Å². The Labute approximate surface area is 196 Å². The van der Waals surface area contributed by atoms with E-state index in [-0.39, 0.29) is 30.1 Å². The summed E-state index contributed by atoms with van der Waals surface area (Å²) in [6.45, 7) is 12.7. The van der Waals surface area contributed by atoms with E-state index in [0.717, 1.165) is 66.0 Å².